The van der Waals surface area contributed by atoms with E-state index in [9.17, 15) is 0 Å². The molecule has 1 N–H and O–H groups in total. The Balaban J connectivity index is 1.51. The van der Waals surface area contributed by atoms with Gasteiger partial charge in [-0.3, -0.25) is 4.90 Å². The number of para-hydroxylation sites is 1. The van der Waals surface area contributed by atoms with E-state index >= 15 is 0 Å². The van der Waals surface area contributed by atoms with Crippen LogP contribution < -0.4 is 10.1 Å². The van der Waals surface area contributed by atoms with Gasteiger partial charge in [0.1, 0.15) is 12.4 Å². The maximum absolute atomic E-state index is 6.13. The average Bonchev–Trinajstić information content (AvgIpc) is 3.04. The standard InChI is InChI=1S/C17H25ClN2O/c18-14-6-1-2-9-17(14)21-13-12-20-11-4-3-8-16(20)15-7-5-10-19-15/h1-2,6,9,15-16,19H,3-5,7-8,10-13H2. The molecule has 0 bridgehead atoms. The second-order valence-corrected chi connectivity index (χ2v) is 6.49. The van der Waals surface area contributed by atoms with Gasteiger partial charge in [-0.25, -0.2) is 0 Å². The van der Waals surface area contributed by atoms with Crippen LogP contribution in [0.15, 0.2) is 24.3 Å². The number of nitrogens with one attached hydrogen (secondary N) is 1. The molecule has 2 unspecified atom stereocenters. The molecule has 2 fully saturated rings. The molecule has 2 heterocycles. The van der Waals surface area contributed by atoms with E-state index < -0.39 is 0 Å². The topological polar surface area (TPSA) is 24.5 Å². The zero-order chi connectivity index (χ0) is 14.5. The van der Waals surface area contributed by atoms with E-state index in [-0.39, 0.29) is 0 Å². The first-order chi connectivity index (χ1) is 10.3. The fraction of sp³-hybridized carbons (Fsp3) is 0.647. The summed E-state index contributed by atoms with van der Waals surface area (Å²) in [4.78, 5) is 2.61. The molecule has 0 amide bonds. The lowest BCUT2D eigenvalue weighted by Crippen LogP contribution is -2.51. The van der Waals surface area contributed by atoms with E-state index in [2.05, 4.69) is 10.2 Å². The third kappa shape index (κ3) is 3.91. The second-order valence-electron chi connectivity index (χ2n) is 6.08. The summed E-state index contributed by atoms with van der Waals surface area (Å²) >= 11 is 6.13. The minimum Gasteiger partial charge on any atom is -0.491 e. The minimum atomic E-state index is 0.686. The first kappa shape index (κ1) is 15.1. The van der Waals surface area contributed by atoms with Crippen LogP contribution in [0.2, 0.25) is 5.02 Å². The van der Waals surface area contributed by atoms with E-state index in [0.717, 1.165) is 12.3 Å². The summed E-state index contributed by atoms with van der Waals surface area (Å²) in [6, 6.07) is 9.09. The summed E-state index contributed by atoms with van der Waals surface area (Å²) in [6.07, 6.45) is 6.65. The van der Waals surface area contributed by atoms with Crippen molar-refractivity contribution in [3.05, 3.63) is 29.3 Å². The Morgan fingerprint density at radius 3 is 2.90 bits per heavy atom. The molecule has 2 aliphatic heterocycles. The molecule has 2 atom stereocenters. The van der Waals surface area contributed by atoms with E-state index in [1.807, 2.05) is 24.3 Å². The first-order valence-electron chi connectivity index (χ1n) is 8.19. The Morgan fingerprint density at radius 1 is 1.19 bits per heavy atom. The summed E-state index contributed by atoms with van der Waals surface area (Å²) < 4.78 is 5.86. The van der Waals surface area contributed by atoms with Crippen LogP contribution in [0.3, 0.4) is 0 Å². The molecule has 116 valence electrons. The molecular formula is C17H25ClN2O. The summed E-state index contributed by atoms with van der Waals surface area (Å²) in [5, 5.41) is 4.37. The molecule has 21 heavy (non-hydrogen) atoms. The number of rotatable bonds is 5. The molecule has 0 aromatic heterocycles. The van der Waals surface area contributed by atoms with E-state index in [4.69, 9.17) is 16.3 Å². The third-order valence-electron chi connectivity index (χ3n) is 4.70. The lowest BCUT2D eigenvalue weighted by atomic mass is 9.94. The highest BCUT2D eigenvalue weighted by Gasteiger charge is 2.31. The van der Waals surface area contributed by atoms with Gasteiger partial charge < -0.3 is 10.1 Å². The average molecular weight is 309 g/mol. The van der Waals surface area contributed by atoms with E-state index in [1.54, 1.807) is 0 Å². The maximum atomic E-state index is 6.13. The second kappa shape index (κ2) is 7.48. The van der Waals surface area contributed by atoms with Gasteiger partial charge in [0.05, 0.1) is 5.02 Å². The molecule has 2 saturated heterocycles. The van der Waals surface area contributed by atoms with Gasteiger partial charge in [-0.1, -0.05) is 30.2 Å². The number of nitrogens with zero attached hydrogens (tertiary/aromatic N) is 1. The fourth-order valence-corrected chi connectivity index (χ4v) is 3.81. The van der Waals surface area contributed by atoms with Gasteiger partial charge in [0.15, 0.2) is 0 Å². The number of ether oxygens (including phenoxy) is 1. The van der Waals surface area contributed by atoms with Crippen molar-refractivity contribution in [2.75, 3.05) is 26.2 Å². The van der Waals surface area contributed by atoms with Crippen LogP contribution in [0.1, 0.15) is 32.1 Å². The molecule has 3 rings (SSSR count). The lowest BCUT2D eigenvalue weighted by molar-refractivity contribution is 0.101. The smallest absolute Gasteiger partial charge is 0.137 e. The van der Waals surface area contributed by atoms with Gasteiger partial charge in [-0.15, -0.1) is 0 Å². The SMILES string of the molecule is Clc1ccccc1OCCN1CCCCC1C1CCCN1. The van der Waals surface area contributed by atoms with Crippen molar-refractivity contribution in [3.63, 3.8) is 0 Å². The monoisotopic (exact) mass is 308 g/mol. The lowest BCUT2D eigenvalue weighted by Gasteiger charge is -2.39. The van der Waals surface area contributed by atoms with Crippen LogP contribution in [0.4, 0.5) is 0 Å². The highest BCUT2D eigenvalue weighted by molar-refractivity contribution is 6.32. The molecule has 1 aromatic rings. The Bertz CT molecular complexity index is 448. The molecule has 1 aromatic carbocycles. The van der Waals surface area contributed by atoms with Gasteiger partial charge in [0.25, 0.3) is 0 Å². The van der Waals surface area contributed by atoms with Crippen molar-refractivity contribution in [1.29, 1.82) is 0 Å². The van der Waals surface area contributed by atoms with Crippen LogP contribution in [-0.4, -0.2) is 43.2 Å². The highest BCUT2D eigenvalue weighted by Crippen LogP contribution is 2.25. The normalized spacial score (nSPS) is 26.9. The van der Waals surface area contributed by atoms with Crippen molar-refractivity contribution in [1.82, 2.24) is 10.2 Å². The minimum absolute atomic E-state index is 0.686. The van der Waals surface area contributed by atoms with Crippen molar-refractivity contribution >= 4 is 11.6 Å². The van der Waals surface area contributed by atoms with Crippen LogP contribution in [0.25, 0.3) is 0 Å². The fourth-order valence-electron chi connectivity index (χ4n) is 3.62. The molecule has 2 aliphatic rings. The maximum Gasteiger partial charge on any atom is 0.137 e. The molecular weight excluding hydrogens is 284 g/mol. The first-order valence-corrected chi connectivity index (χ1v) is 8.57. The number of piperidine rings is 1. The number of halogens is 1. The molecule has 3 nitrogen and oxygen atoms in total. The third-order valence-corrected chi connectivity index (χ3v) is 5.01. The zero-order valence-electron chi connectivity index (χ0n) is 12.6. The van der Waals surface area contributed by atoms with Gasteiger partial charge in [0, 0.05) is 18.6 Å². The Kier molecular flexibility index (Phi) is 5.39. The van der Waals surface area contributed by atoms with Gasteiger partial charge in [-0.2, -0.15) is 0 Å². The van der Waals surface area contributed by atoms with Crippen LogP contribution in [0.5, 0.6) is 5.75 Å². The van der Waals surface area contributed by atoms with Crippen LogP contribution in [0, 0.1) is 0 Å². The number of hydrogen-bond acceptors (Lipinski definition) is 3. The summed E-state index contributed by atoms with van der Waals surface area (Å²) in [6.45, 7) is 4.10. The van der Waals surface area contributed by atoms with Crippen LogP contribution >= 0.6 is 11.6 Å². The van der Waals surface area contributed by atoms with Gasteiger partial charge in [0.2, 0.25) is 0 Å². The number of likely N-dealkylation sites (tertiary alicyclic amines) is 1. The van der Waals surface area contributed by atoms with Crippen molar-refractivity contribution in [2.24, 2.45) is 0 Å². The quantitative estimate of drug-likeness (QED) is 0.903. The van der Waals surface area contributed by atoms with E-state index in [0.29, 0.717) is 23.7 Å². The molecule has 4 heteroatoms. The summed E-state index contributed by atoms with van der Waals surface area (Å²) in [5.41, 5.74) is 0. The Morgan fingerprint density at radius 2 is 2.10 bits per heavy atom. The highest BCUT2D eigenvalue weighted by atomic mass is 35.5. The van der Waals surface area contributed by atoms with Crippen molar-refractivity contribution < 1.29 is 4.74 Å². The molecule has 0 radical (unpaired) electrons. The summed E-state index contributed by atoms with van der Waals surface area (Å²) in [7, 11) is 0. The zero-order valence-corrected chi connectivity index (χ0v) is 13.3. The summed E-state index contributed by atoms with van der Waals surface area (Å²) in [5.74, 6) is 0.798. The predicted molar refractivity (Wildman–Crippen MR) is 87.2 cm³/mol. The Labute approximate surface area is 132 Å². The molecule has 0 spiro atoms. The van der Waals surface area contributed by atoms with Gasteiger partial charge >= 0.3 is 0 Å². The number of hydrogen-bond donors (Lipinski definition) is 1. The van der Waals surface area contributed by atoms with Crippen molar-refractivity contribution in [2.45, 2.75) is 44.2 Å². The van der Waals surface area contributed by atoms with E-state index in [1.165, 1.54) is 45.2 Å². The molecule has 0 aliphatic carbocycles. The largest absolute Gasteiger partial charge is 0.491 e. The molecule has 0 saturated carbocycles. The number of benzene rings is 1. The van der Waals surface area contributed by atoms with Crippen LogP contribution in [-0.2, 0) is 0 Å². The van der Waals surface area contributed by atoms with Crippen molar-refractivity contribution in [3.8, 4) is 5.75 Å². The Hall–Kier alpha value is -0.770. The van der Waals surface area contributed by atoms with Gasteiger partial charge in [-0.05, 0) is 50.9 Å². The predicted octanol–water partition coefficient (Wildman–Crippen LogP) is 3.33.